The van der Waals surface area contributed by atoms with E-state index in [0.717, 1.165) is 18.4 Å². The van der Waals surface area contributed by atoms with Crippen molar-refractivity contribution >= 4 is 23.2 Å². The Bertz CT molecular complexity index is 689. The second kappa shape index (κ2) is 8.60. The Morgan fingerprint density at radius 1 is 1.12 bits per heavy atom. The van der Waals surface area contributed by atoms with Crippen LogP contribution in [0.5, 0.6) is 11.5 Å². The highest BCUT2D eigenvalue weighted by Crippen LogP contribution is 2.36. The van der Waals surface area contributed by atoms with Gasteiger partial charge >= 0.3 is 0 Å². The number of hydrogen-bond acceptors (Lipinski definition) is 3. The van der Waals surface area contributed by atoms with E-state index < -0.39 is 0 Å². The van der Waals surface area contributed by atoms with E-state index >= 15 is 0 Å². The third-order valence-electron chi connectivity index (χ3n) is 3.83. The molecule has 0 radical (unpaired) electrons. The van der Waals surface area contributed by atoms with Gasteiger partial charge in [-0.25, -0.2) is 0 Å². The monoisotopic (exact) mass is 347 g/mol. The molecule has 4 nitrogen and oxygen atoms in total. The molecule has 2 aromatic rings. The summed E-state index contributed by atoms with van der Waals surface area (Å²) in [6, 6.07) is 13.1. The molecular weight excluding hydrogens is 326 g/mol. The van der Waals surface area contributed by atoms with E-state index in [1.807, 2.05) is 30.3 Å². The largest absolute Gasteiger partial charge is 0.495 e. The molecule has 5 heteroatoms. The van der Waals surface area contributed by atoms with Crippen molar-refractivity contribution in [2.75, 3.05) is 19.5 Å². The number of rotatable bonds is 7. The number of benzene rings is 2. The molecule has 0 aromatic heterocycles. The highest BCUT2D eigenvalue weighted by molar-refractivity contribution is 6.32. The van der Waals surface area contributed by atoms with Crippen LogP contribution in [-0.2, 0) is 4.79 Å². The fourth-order valence-electron chi connectivity index (χ4n) is 2.60. The van der Waals surface area contributed by atoms with Gasteiger partial charge in [0.25, 0.3) is 0 Å². The van der Waals surface area contributed by atoms with Gasteiger partial charge in [-0.05, 0) is 18.1 Å². The van der Waals surface area contributed by atoms with E-state index in [-0.39, 0.29) is 11.8 Å². The van der Waals surface area contributed by atoms with Gasteiger partial charge in [-0.1, -0.05) is 55.3 Å². The second-order valence-corrected chi connectivity index (χ2v) is 5.84. The van der Waals surface area contributed by atoms with E-state index in [9.17, 15) is 4.79 Å². The van der Waals surface area contributed by atoms with Crippen molar-refractivity contribution in [3.8, 4) is 11.5 Å². The first-order chi connectivity index (χ1) is 11.6. The zero-order valence-electron chi connectivity index (χ0n) is 14.1. The molecule has 2 rings (SSSR count). The zero-order valence-corrected chi connectivity index (χ0v) is 14.9. The highest BCUT2D eigenvalue weighted by Gasteiger charge is 2.21. The molecule has 0 saturated carbocycles. The molecule has 1 amide bonds. The van der Waals surface area contributed by atoms with Gasteiger partial charge in [0.05, 0.1) is 30.8 Å². The van der Waals surface area contributed by atoms with Gasteiger partial charge in [0.15, 0.2) is 0 Å². The van der Waals surface area contributed by atoms with Crippen LogP contribution in [0.15, 0.2) is 42.5 Å². The Balaban J connectivity index is 2.28. The summed E-state index contributed by atoms with van der Waals surface area (Å²) in [7, 11) is 3.07. The number of amides is 1. The fourth-order valence-corrected chi connectivity index (χ4v) is 2.84. The Morgan fingerprint density at radius 2 is 1.79 bits per heavy atom. The number of ether oxygens (including phenoxy) is 2. The van der Waals surface area contributed by atoms with Gasteiger partial charge < -0.3 is 14.8 Å². The van der Waals surface area contributed by atoms with Crippen LogP contribution in [0.1, 0.15) is 31.2 Å². The summed E-state index contributed by atoms with van der Waals surface area (Å²) < 4.78 is 10.5. The minimum absolute atomic E-state index is 0.0809. The van der Waals surface area contributed by atoms with Crippen molar-refractivity contribution in [3.63, 3.8) is 0 Å². The van der Waals surface area contributed by atoms with Crippen LogP contribution in [0.2, 0.25) is 5.02 Å². The molecule has 0 aliphatic heterocycles. The average Bonchev–Trinajstić information content (AvgIpc) is 2.60. The smallest absolute Gasteiger partial charge is 0.232 e. The average molecular weight is 348 g/mol. The van der Waals surface area contributed by atoms with Gasteiger partial charge in [0.1, 0.15) is 11.5 Å². The summed E-state index contributed by atoms with van der Waals surface area (Å²) in [6.45, 7) is 2.06. The molecule has 0 aliphatic rings. The van der Waals surface area contributed by atoms with E-state index in [0.29, 0.717) is 22.2 Å². The molecule has 2 aromatic carbocycles. The minimum atomic E-state index is -0.221. The van der Waals surface area contributed by atoms with E-state index in [1.165, 1.54) is 7.11 Å². The Kier molecular flexibility index (Phi) is 6.50. The maximum Gasteiger partial charge on any atom is 0.232 e. The highest BCUT2D eigenvalue weighted by atomic mass is 35.5. The first kappa shape index (κ1) is 18.1. The van der Waals surface area contributed by atoms with Gasteiger partial charge in [0.2, 0.25) is 5.91 Å². The van der Waals surface area contributed by atoms with E-state index in [2.05, 4.69) is 12.2 Å². The molecule has 1 unspecified atom stereocenters. The van der Waals surface area contributed by atoms with Crippen LogP contribution >= 0.6 is 11.6 Å². The van der Waals surface area contributed by atoms with Gasteiger partial charge in [-0.15, -0.1) is 0 Å². The lowest BCUT2D eigenvalue weighted by molar-refractivity contribution is -0.117. The van der Waals surface area contributed by atoms with Crippen molar-refractivity contribution in [2.24, 2.45) is 0 Å². The van der Waals surface area contributed by atoms with Gasteiger partial charge in [-0.2, -0.15) is 0 Å². The van der Waals surface area contributed by atoms with Crippen LogP contribution in [0.4, 0.5) is 5.69 Å². The number of carbonyl (C=O) groups excluding carboxylic acids is 1. The fraction of sp³-hybridized carbons (Fsp3) is 0.316. The van der Waals surface area contributed by atoms with Crippen molar-refractivity contribution in [1.82, 2.24) is 0 Å². The predicted molar refractivity (Wildman–Crippen MR) is 97.3 cm³/mol. The summed E-state index contributed by atoms with van der Waals surface area (Å²) in [4.78, 5) is 12.8. The SMILES string of the molecule is CCCC(C(=O)Nc1cc(Cl)c(OC)cc1OC)c1ccccc1. The lowest BCUT2D eigenvalue weighted by atomic mass is 9.93. The maximum absolute atomic E-state index is 12.8. The maximum atomic E-state index is 12.8. The lowest BCUT2D eigenvalue weighted by Gasteiger charge is -2.18. The third kappa shape index (κ3) is 4.20. The van der Waals surface area contributed by atoms with Crippen molar-refractivity contribution in [1.29, 1.82) is 0 Å². The minimum Gasteiger partial charge on any atom is -0.495 e. The summed E-state index contributed by atoms with van der Waals surface area (Å²) >= 11 is 6.17. The molecule has 0 saturated heterocycles. The first-order valence-electron chi connectivity index (χ1n) is 7.88. The molecule has 0 heterocycles. The zero-order chi connectivity index (χ0) is 17.5. The van der Waals surface area contributed by atoms with Gasteiger partial charge in [0, 0.05) is 6.07 Å². The summed E-state index contributed by atoms with van der Waals surface area (Å²) in [6.07, 6.45) is 1.68. The second-order valence-electron chi connectivity index (χ2n) is 5.43. The molecule has 0 aliphatic carbocycles. The quantitative estimate of drug-likeness (QED) is 0.776. The number of anilines is 1. The first-order valence-corrected chi connectivity index (χ1v) is 8.25. The normalized spacial score (nSPS) is 11.7. The van der Waals surface area contributed by atoms with E-state index in [4.69, 9.17) is 21.1 Å². The van der Waals surface area contributed by atoms with Crippen molar-refractivity contribution in [3.05, 3.63) is 53.1 Å². The molecule has 128 valence electrons. The van der Waals surface area contributed by atoms with Crippen LogP contribution < -0.4 is 14.8 Å². The molecule has 1 N–H and O–H groups in total. The third-order valence-corrected chi connectivity index (χ3v) is 4.12. The summed E-state index contributed by atoms with van der Waals surface area (Å²) in [5.74, 6) is 0.706. The number of methoxy groups -OCH3 is 2. The van der Waals surface area contributed by atoms with Crippen LogP contribution in [0.25, 0.3) is 0 Å². The topological polar surface area (TPSA) is 47.6 Å². The lowest BCUT2D eigenvalue weighted by Crippen LogP contribution is -2.21. The molecule has 1 atom stereocenters. The van der Waals surface area contributed by atoms with Crippen LogP contribution in [0.3, 0.4) is 0 Å². The van der Waals surface area contributed by atoms with Crippen LogP contribution in [0, 0.1) is 0 Å². The molecule has 24 heavy (non-hydrogen) atoms. The van der Waals surface area contributed by atoms with Crippen molar-refractivity contribution in [2.45, 2.75) is 25.7 Å². The van der Waals surface area contributed by atoms with E-state index in [1.54, 1.807) is 19.2 Å². The summed E-state index contributed by atoms with van der Waals surface area (Å²) in [5, 5.41) is 3.35. The Morgan fingerprint density at radius 3 is 2.38 bits per heavy atom. The summed E-state index contributed by atoms with van der Waals surface area (Å²) in [5.41, 5.74) is 1.53. The number of halogens is 1. The van der Waals surface area contributed by atoms with Gasteiger partial charge in [-0.3, -0.25) is 4.79 Å². The van der Waals surface area contributed by atoms with Crippen molar-refractivity contribution < 1.29 is 14.3 Å². The standard InChI is InChI=1S/C19H22ClNO3/c1-4-8-14(13-9-6-5-7-10-13)19(22)21-16-11-15(20)17(23-2)12-18(16)24-3/h5-7,9-12,14H,4,8H2,1-3H3,(H,21,22). The number of hydrogen-bond donors (Lipinski definition) is 1. The molecule has 0 spiro atoms. The molecule has 0 bridgehead atoms. The predicted octanol–water partition coefficient (Wildman–Crippen LogP) is 4.88. The number of nitrogens with one attached hydrogen (secondary N) is 1. The van der Waals surface area contributed by atoms with Crippen LogP contribution in [-0.4, -0.2) is 20.1 Å². The Hall–Kier alpha value is -2.20. The number of carbonyl (C=O) groups is 1. The molecule has 0 fully saturated rings. The molecular formula is C19H22ClNO3. The Labute approximate surface area is 147 Å².